The zero-order chi connectivity index (χ0) is 24.1. The van der Waals surface area contributed by atoms with E-state index in [1.54, 1.807) is 9.58 Å². The van der Waals surface area contributed by atoms with Crippen LogP contribution in [-0.4, -0.2) is 48.1 Å². The van der Waals surface area contributed by atoms with Crippen LogP contribution in [0.5, 0.6) is 0 Å². The number of hydrogen-bond donors (Lipinski definition) is 1. The van der Waals surface area contributed by atoms with Gasteiger partial charge < -0.3 is 10.2 Å². The third-order valence-corrected chi connectivity index (χ3v) is 8.42. The fourth-order valence-corrected chi connectivity index (χ4v) is 6.17. The van der Waals surface area contributed by atoms with E-state index in [-0.39, 0.29) is 41.2 Å². The maximum absolute atomic E-state index is 13.2. The lowest BCUT2D eigenvalue weighted by atomic mass is 9.92. The molecule has 0 radical (unpaired) electrons. The molecule has 0 spiro atoms. The summed E-state index contributed by atoms with van der Waals surface area (Å²) in [6.45, 7) is 10.4. The van der Waals surface area contributed by atoms with Crippen LogP contribution < -0.4 is 10.2 Å². The molecular weight excluding hydrogens is 440 g/mol. The Balaban J connectivity index is 1.56. The lowest BCUT2D eigenvalue weighted by Crippen LogP contribution is -2.29. The van der Waals surface area contributed by atoms with Gasteiger partial charge in [-0.05, 0) is 37.5 Å². The van der Waals surface area contributed by atoms with Gasteiger partial charge in [-0.25, -0.2) is 13.1 Å². The van der Waals surface area contributed by atoms with Crippen molar-refractivity contribution in [2.75, 3.05) is 28.3 Å². The first-order valence-corrected chi connectivity index (χ1v) is 13.2. The Hall–Kier alpha value is -2.68. The topological polar surface area (TPSA) is 101 Å². The van der Waals surface area contributed by atoms with E-state index in [9.17, 15) is 18.0 Å². The molecule has 0 saturated carbocycles. The van der Waals surface area contributed by atoms with Gasteiger partial charge in [-0.3, -0.25) is 9.59 Å². The molecule has 9 heteroatoms. The molecule has 2 amide bonds. The van der Waals surface area contributed by atoms with Gasteiger partial charge in [0.2, 0.25) is 11.8 Å². The van der Waals surface area contributed by atoms with E-state index < -0.39 is 15.8 Å². The Kier molecular flexibility index (Phi) is 5.88. The Bertz CT molecular complexity index is 1210. The molecule has 2 aromatic rings. The SMILES string of the molecule is Cc1cccc(N2C[C@@H](C(=O)Nc3cc(C(C)(C)C)nn3[C@H]3CCS(=O)(=O)C3)CC2=O)c1C. The van der Waals surface area contributed by atoms with E-state index in [4.69, 9.17) is 0 Å². The number of anilines is 2. The van der Waals surface area contributed by atoms with Crippen LogP contribution in [0.4, 0.5) is 11.5 Å². The lowest BCUT2D eigenvalue weighted by Gasteiger charge is -2.20. The molecule has 0 aliphatic carbocycles. The Morgan fingerprint density at radius 2 is 1.94 bits per heavy atom. The summed E-state index contributed by atoms with van der Waals surface area (Å²) in [5.41, 5.74) is 3.49. The van der Waals surface area contributed by atoms with Crippen LogP contribution in [0.15, 0.2) is 24.3 Å². The van der Waals surface area contributed by atoms with E-state index in [1.165, 1.54) is 0 Å². The highest BCUT2D eigenvalue weighted by Gasteiger charge is 2.37. The number of nitrogens with zero attached hydrogens (tertiary/aromatic N) is 3. The Morgan fingerprint density at radius 1 is 1.21 bits per heavy atom. The van der Waals surface area contributed by atoms with E-state index in [0.717, 1.165) is 22.5 Å². The second-order valence-corrected chi connectivity index (χ2v) is 12.5. The number of aryl methyl sites for hydroxylation is 1. The van der Waals surface area contributed by atoms with Gasteiger partial charge in [0.1, 0.15) is 5.82 Å². The number of nitrogens with one attached hydrogen (secondary N) is 1. The molecule has 0 unspecified atom stereocenters. The summed E-state index contributed by atoms with van der Waals surface area (Å²) in [5.74, 6) is -0.190. The third-order valence-electron chi connectivity index (χ3n) is 6.67. The van der Waals surface area contributed by atoms with Gasteiger partial charge in [-0.2, -0.15) is 5.10 Å². The number of hydrogen-bond acceptors (Lipinski definition) is 5. The van der Waals surface area contributed by atoms with E-state index in [2.05, 4.69) is 10.4 Å². The van der Waals surface area contributed by atoms with Crippen LogP contribution in [0, 0.1) is 19.8 Å². The van der Waals surface area contributed by atoms with Gasteiger partial charge in [0.05, 0.1) is 29.2 Å². The van der Waals surface area contributed by atoms with Crippen molar-refractivity contribution in [3.63, 3.8) is 0 Å². The van der Waals surface area contributed by atoms with Gasteiger partial charge in [0.25, 0.3) is 0 Å². The molecule has 2 atom stereocenters. The summed E-state index contributed by atoms with van der Waals surface area (Å²) >= 11 is 0. The van der Waals surface area contributed by atoms with Crippen LogP contribution in [-0.2, 0) is 24.8 Å². The van der Waals surface area contributed by atoms with Gasteiger partial charge in [-0.15, -0.1) is 0 Å². The van der Waals surface area contributed by atoms with Gasteiger partial charge in [0.15, 0.2) is 9.84 Å². The van der Waals surface area contributed by atoms with E-state index in [0.29, 0.717) is 18.8 Å². The predicted octanol–water partition coefficient (Wildman–Crippen LogP) is 3.15. The monoisotopic (exact) mass is 472 g/mol. The van der Waals surface area contributed by atoms with Crippen LogP contribution in [0.3, 0.4) is 0 Å². The summed E-state index contributed by atoms with van der Waals surface area (Å²) in [6, 6.07) is 7.34. The number of carbonyl (C=O) groups excluding carboxylic acids is 2. The normalized spacial score (nSPS) is 22.7. The highest BCUT2D eigenvalue weighted by Crippen LogP contribution is 2.33. The molecule has 3 heterocycles. The maximum Gasteiger partial charge on any atom is 0.230 e. The predicted molar refractivity (Wildman–Crippen MR) is 128 cm³/mol. The summed E-state index contributed by atoms with van der Waals surface area (Å²) in [5, 5.41) is 7.62. The molecule has 2 aliphatic rings. The van der Waals surface area contributed by atoms with Gasteiger partial charge in [-0.1, -0.05) is 32.9 Å². The molecule has 1 aromatic heterocycles. The van der Waals surface area contributed by atoms with Gasteiger partial charge >= 0.3 is 0 Å². The summed E-state index contributed by atoms with van der Waals surface area (Å²) in [7, 11) is -3.11. The minimum absolute atomic E-state index is 0.0173. The highest BCUT2D eigenvalue weighted by atomic mass is 32.2. The average Bonchev–Trinajstić information content (AvgIpc) is 3.40. The molecule has 4 rings (SSSR count). The summed E-state index contributed by atoms with van der Waals surface area (Å²) in [6.07, 6.45) is 0.607. The first-order chi connectivity index (χ1) is 15.4. The molecule has 2 fully saturated rings. The number of benzene rings is 1. The molecule has 2 aliphatic heterocycles. The zero-order valence-corrected chi connectivity index (χ0v) is 20.7. The van der Waals surface area contributed by atoms with E-state index in [1.807, 2.05) is 58.9 Å². The highest BCUT2D eigenvalue weighted by molar-refractivity contribution is 7.91. The first-order valence-electron chi connectivity index (χ1n) is 11.3. The Morgan fingerprint density at radius 3 is 2.58 bits per heavy atom. The number of amides is 2. The minimum atomic E-state index is -3.11. The van der Waals surface area contributed by atoms with Crippen molar-refractivity contribution in [3.8, 4) is 0 Å². The molecule has 1 N–H and O–H groups in total. The molecule has 1 aromatic carbocycles. The van der Waals surface area contributed by atoms with Crippen LogP contribution >= 0.6 is 0 Å². The number of rotatable bonds is 4. The number of aromatic nitrogens is 2. The van der Waals surface area contributed by atoms with Crippen LogP contribution in [0.1, 0.15) is 56.5 Å². The maximum atomic E-state index is 13.2. The molecular formula is C24H32N4O4S. The van der Waals surface area contributed by atoms with E-state index >= 15 is 0 Å². The standard InChI is InChI=1S/C24H32N4O4S/c1-15-7-6-8-19(16(15)2)27-13-17(11-22(27)29)23(30)25-21-12-20(24(3,4)5)26-28(21)18-9-10-33(31,32)14-18/h6-8,12,17-18H,9-11,13-14H2,1-5H3,(H,25,30)/t17-,18-/m0/s1. The Labute approximate surface area is 195 Å². The van der Waals surface area contributed by atoms with Crippen molar-refractivity contribution in [1.82, 2.24) is 9.78 Å². The zero-order valence-electron chi connectivity index (χ0n) is 19.9. The molecule has 2 saturated heterocycles. The smallest absolute Gasteiger partial charge is 0.230 e. The lowest BCUT2D eigenvalue weighted by molar-refractivity contribution is -0.122. The van der Waals surface area contributed by atoms with Crippen LogP contribution in [0.2, 0.25) is 0 Å². The number of carbonyl (C=O) groups is 2. The van der Waals surface area contributed by atoms with Crippen molar-refractivity contribution in [3.05, 3.63) is 41.1 Å². The number of sulfone groups is 1. The second-order valence-electron chi connectivity index (χ2n) is 10.3. The largest absolute Gasteiger partial charge is 0.311 e. The van der Waals surface area contributed by atoms with Crippen molar-refractivity contribution < 1.29 is 18.0 Å². The molecule has 33 heavy (non-hydrogen) atoms. The minimum Gasteiger partial charge on any atom is -0.311 e. The molecule has 8 nitrogen and oxygen atoms in total. The quantitative estimate of drug-likeness (QED) is 0.737. The average molecular weight is 473 g/mol. The second kappa shape index (κ2) is 8.27. The van der Waals surface area contributed by atoms with Crippen molar-refractivity contribution in [1.29, 1.82) is 0 Å². The van der Waals surface area contributed by atoms with Crippen LogP contribution in [0.25, 0.3) is 0 Å². The van der Waals surface area contributed by atoms with Crippen molar-refractivity contribution in [2.24, 2.45) is 5.92 Å². The molecule has 178 valence electrons. The first kappa shape index (κ1) is 23.5. The van der Waals surface area contributed by atoms with Crippen molar-refractivity contribution in [2.45, 2.75) is 58.9 Å². The third kappa shape index (κ3) is 4.69. The summed E-state index contributed by atoms with van der Waals surface area (Å²) in [4.78, 5) is 27.6. The molecule has 0 bridgehead atoms. The fourth-order valence-electron chi connectivity index (χ4n) is 4.47. The fraction of sp³-hybridized carbons (Fsp3) is 0.542. The van der Waals surface area contributed by atoms with Gasteiger partial charge in [0, 0.05) is 30.1 Å². The van der Waals surface area contributed by atoms with Crippen molar-refractivity contribution >= 4 is 33.2 Å². The summed E-state index contributed by atoms with van der Waals surface area (Å²) < 4.78 is 25.8.